The minimum absolute atomic E-state index is 0.185. The number of carboxylic acid groups (broad SMARTS) is 1. The number of carbonyl (C=O) groups excluding carboxylic acids is 1. The second kappa shape index (κ2) is 13.6. The third-order valence-electron chi connectivity index (χ3n) is 5.67. The van der Waals surface area contributed by atoms with Crippen LogP contribution in [-0.4, -0.2) is 40.1 Å². The quantitative estimate of drug-likeness (QED) is 0.374. The first-order valence-electron chi connectivity index (χ1n) is 12.2. The lowest BCUT2D eigenvalue weighted by Crippen LogP contribution is -2.43. The molecule has 7 heteroatoms. The molecule has 0 aliphatic heterocycles. The van der Waals surface area contributed by atoms with E-state index in [4.69, 9.17) is 4.74 Å². The van der Waals surface area contributed by atoms with Crippen molar-refractivity contribution < 1.29 is 19.4 Å². The van der Waals surface area contributed by atoms with Crippen molar-refractivity contribution in [1.29, 1.82) is 0 Å². The number of nitrogens with one attached hydrogen (secondary N) is 1. The first kappa shape index (κ1) is 27.9. The Morgan fingerprint density at radius 3 is 2.30 bits per heavy atom. The van der Waals surface area contributed by atoms with Crippen LogP contribution in [0.2, 0.25) is 0 Å². The lowest BCUT2D eigenvalue weighted by Gasteiger charge is -2.15. The number of rotatable bonds is 11. The predicted octanol–water partition coefficient (Wildman–Crippen LogP) is 4.98. The summed E-state index contributed by atoms with van der Waals surface area (Å²) in [5.74, 6) is -0.00694. The highest BCUT2D eigenvalue weighted by molar-refractivity contribution is 7.98. The fourth-order valence-electron chi connectivity index (χ4n) is 3.72. The molecule has 0 radical (unpaired) electrons. The third kappa shape index (κ3) is 7.89. The Morgan fingerprint density at radius 1 is 1.08 bits per heavy atom. The maximum atomic E-state index is 11.8. The van der Waals surface area contributed by atoms with Crippen LogP contribution in [0.4, 0.5) is 4.79 Å². The summed E-state index contributed by atoms with van der Waals surface area (Å²) in [6, 6.07) is 17.7. The van der Waals surface area contributed by atoms with Gasteiger partial charge in [-0.2, -0.15) is 11.8 Å². The molecule has 3 rings (SSSR count). The largest absolute Gasteiger partial charge is 0.480 e. The van der Waals surface area contributed by atoms with Crippen LogP contribution in [0, 0.1) is 5.92 Å². The van der Waals surface area contributed by atoms with Gasteiger partial charge in [-0.3, -0.25) is 0 Å². The number of hydrogen-bond donors (Lipinski definition) is 2. The van der Waals surface area contributed by atoms with Gasteiger partial charge in [-0.05, 0) is 59.0 Å². The number of thioether (sulfide) groups is 1. The van der Waals surface area contributed by atoms with Crippen molar-refractivity contribution in [3.05, 3.63) is 89.6 Å². The highest BCUT2D eigenvalue weighted by Crippen LogP contribution is 2.23. The molecule has 2 aromatic carbocycles. The van der Waals surface area contributed by atoms with Crippen molar-refractivity contribution in [2.45, 2.75) is 32.6 Å². The molecule has 0 saturated carbocycles. The van der Waals surface area contributed by atoms with Crippen LogP contribution in [0.1, 0.15) is 26.3 Å². The maximum absolute atomic E-state index is 11.8. The Morgan fingerprint density at radius 2 is 1.73 bits per heavy atom. The normalized spacial score (nSPS) is 13.0. The van der Waals surface area contributed by atoms with E-state index in [-0.39, 0.29) is 18.3 Å². The van der Waals surface area contributed by atoms with Crippen LogP contribution in [-0.2, 0) is 15.3 Å². The zero-order valence-electron chi connectivity index (χ0n) is 21.5. The van der Waals surface area contributed by atoms with E-state index in [2.05, 4.69) is 71.2 Å². The number of ether oxygens (including phenoxy) is 1. The second-order valence-corrected chi connectivity index (χ2v) is 10.0. The van der Waals surface area contributed by atoms with Crippen LogP contribution in [0.5, 0.6) is 0 Å². The number of alkyl carbamates (subject to hydrolysis) is 1. The Hall–Kier alpha value is -3.71. The summed E-state index contributed by atoms with van der Waals surface area (Å²) in [4.78, 5) is 23.3. The summed E-state index contributed by atoms with van der Waals surface area (Å²) in [6.07, 6.45) is 7.25. The van der Waals surface area contributed by atoms with Gasteiger partial charge in [0.15, 0.2) is 0 Å². The summed E-state index contributed by atoms with van der Waals surface area (Å²) in [5.41, 5.74) is 4.37. The molecule has 1 amide bonds. The summed E-state index contributed by atoms with van der Waals surface area (Å²) >= 11 is 1.45. The van der Waals surface area contributed by atoms with Crippen molar-refractivity contribution in [3.8, 4) is 16.8 Å². The van der Waals surface area contributed by atoms with E-state index >= 15 is 0 Å². The number of amides is 1. The minimum Gasteiger partial charge on any atom is -0.480 e. The summed E-state index contributed by atoms with van der Waals surface area (Å²) < 4.78 is 7.17. The van der Waals surface area contributed by atoms with Crippen LogP contribution in [0.15, 0.2) is 73.4 Å². The van der Waals surface area contributed by atoms with Crippen LogP contribution < -0.4 is 15.9 Å². The Kier molecular flexibility index (Phi) is 10.2. The van der Waals surface area contributed by atoms with Gasteiger partial charge in [-0.15, -0.1) is 0 Å². The monoisotopic (exact) mass is 518 g/mol. The fraction of sp³-hybridized carbons (Fsp3) is 0.267. The Balaban J connectivity index is 1.60. The number of carboxylic acids is 1. The van der Waals surface area contributed by atoms with E-state index in [0.717, 1.165) is 32.9 Å². The standard InChI is InChI=1S/C30H34N2O4S/c1-5-7-28-23(6-2)16-17-32(28)26-14-12-25(13-15-26)24-10-8-22(9-11-24)19-37-20-27(29(33)34)31-30(35)36-18-21(3)4/h5-17,21,27H,1,18-20H2,2-4H3,(H,31,35)(H,33,34)/b23-6-,28-7+. The molecule has 1 atom stereocenters. The average Bonchev–Trinajstić information content (AvgIpc) is 3.30. The van der Waals surface area contributed by atoms with E-state index in [0.29, 0.717) is 5.75 Å². The minimum atomic E-state index is -1.08. The van der Waals surface area contributed by atoms with Gasteiger partial charge in [0.2, 0.25) is 0 Å². The third-order valence-corrected chi connectivity index (χ3v) is 6.78. The summed E-state index contributed by atoms with van der Waals surface area (Å²) in [6.45, 7) is 9.94. The van der Waals surface area contributed by atoms with Crippen molar-refractivity contribution in [1.82, 2.24) is 9.88 Å². The smallest absolute Gasteiger partial charge is 0.407 e. The number of nitrogens with zero attached hydrogens (tertiary/aromatic N) is 1. The zero-order chi connectivity index (χ0) is 26.8. The van der Waals surface area contributed by atoms with E-state index in [1.807, 2.05) is 39.0 Å². The van der Waals surface area contributed by atoms with Crippen molar-refractivity contribution in [2.75, 3.05) is 12.4 Å². The van der Waals surface area contributed by atoms with Crippen molar-refractivity contribution in [2.24, 2.45) is 5.92 Å². The van der Waals surface area contributed by atoms with Gasteiger partial charge in [-0.1, -0.05) is 69.0 Å². The van der Waals surface area contributed by atoms with Crippen LogP contribution >= 0.6 is 11.8 Å². The second-order valence-electron chi connectivity index (χ2n) is 9.00. The number of aliphatic carboxylic acids is 1. The van der Waals surface area contributed by atoms with Gasteiger partial charge >= 0.3 is 12.1 Å². The highest BCUT2D eigenvalue weighted by atomic mass is 32.2. The average molecular weight is 519 g/mol. The molecule has 1 aromatic heterocycles. The SMILES string of the molecule is C=C/C=c1\c(=C/C)ccn1-c1ccc(-c2ccc(CSCC(NC(=O)OCC(C)C)C(=O)O)cc2)cc1. The molecule has 194 valence electrons. The number of carbonyl (C=O) groups is 2. The van der Waals surface area contributed by atoms with Crippen LogP contribution in [0.3, 0.4) is 0 Å². The molecule has 0 aliphatic rings. The molecular formula is C30H34N2O4S. The number of allylic oxidation sites excluding steroid dienone is 1. The van der Waals surface area contributed by atoms with E-state index in [1.54, 1.807) is 6.08 Å². The molecule has 0 bridgehead atoms. The number of hydrogen-bond acceptors (Lipinski definition) is 4. The van der Waals surface area contributed by atoms with Crippen molar-refractivity contribution in [3.63, 3.8) is 0 Å². The molecule has 0 fully saturated rings. The van der Waals surface area contributed by atoms with E-state index < -0.39 is 18.1 Å². The molecule has 0 saturated heterocycles. The molecule has 1 unspecified atom stereocenters. The van der Waals surface area contributed by atoms with Gasteiger partial charge in [0.1, 0.15) is 6.04 Å². The Bertz CT molecular complexity index is 1330. The molecule has 0 aliphatic carbocycles. The first-order valence-corrected chi connectivity index (χ1v) is 13.4. The summed E-state index contributed by atoms with van der Waals surface area (Å²) in [7, 11) is 0. The molecule has 3 aromatic rings. The lowest BCUT2D eigenvalue weighted by atomic mass is 10.0. The first-order chi connectivity index (χ1) is 17.8. The van der Waals surface area contributed by atoms with Gasteiger partial charge in [0.25, 0.3) is 0 Å². The van der Waals surface area contributed by atoms with Gasteiger partial charge in [0.05, 0.1) is 12.0 Å². The maximum Gasteiger partial charge on any atom is 0.407 e. The highest BCUT2D eigenvalue weighted by Gasteiger charge is 2.20. The number of benzene rings is 2. The fourth-order valence-corrected chi connectivity index (χ4v) is 4.73. The molecule has 0 spiro atoms. The van der Waals surface area contributed by atoms with Gasteiger partial charge in [-0.25, -0.2) is 9.59 Å². The van der Waals surface area contributed by atoms with Gasteiger partial charge < -0.3 is 19.7 Å². The van der Waals surface area contributed by atoms with Crippen LogP contribution in [0.25, 0.3) is 29.0 Å². The Labute approximate surface area is 222 Å². The van der Waals surface area contributed by atoms with Gasteiger partial charge in [0, 0.05) is 23.4 Å². The lowest BCUT2D eigenvalue weighted by molar-refractivity contribution is -0.138. The molecule has 37 heavy (non-hydrogen) atoms. The van der Waals surface area contributed by atoms with Crippen molar-refractivity contribution >= 4 is 36.0 Å². The van der Waals surface area contributed by atoms with E-state index in [1.165, 1.54) is 11.8 Å². The molecule has 2 N–H and O–H groups in total. The molecule has 1 heterocycles. The summed E-state index contributed by atoms with van der Waals surface area (Å²) in [5, 5.41) is 14.1. The predicted molar refractivity (Wildman–Crippen MR) is 152 cm³/mol. The topological polar surface area (TPSA) is 80.6 Å². The number of aromatic nitrogens is 1. The van der Waals surface area contributed by atoms with E-state index in [9.17, 15) is 14.7 Å². The molecular weight excluding hydrogens is 484 g/mol. The zero-order valence-corrected chi connectivity index (χ0v) is 22.3. The molecule has 6 nitrogen and oxygen atoms in total.